The zero-order chi connectivity index (χ0) is 24.9. The van der Waals surface area contributed by atoms with Gasteiger partial charge in [0, 0.05) is 4.88 Å². The second-order valence-corrected chi connectivity index (χ2v) is 9.31. The standard InChI is InChI=1S/C26H26N4O3S2/c1-16-23(17(2)30(29-16)15-18-9-8-12-20(13-18)32-3)27-26(34)28-24-21(25(31)33-4)14-22(35-24)19-10-6-5-7-11-19/h5-14H,15H2,1-4H3,(H2,27,28,34). The SMILES string of the molecule is COC(=O)c1cc(-c2ccccc2)sc1NC(=S)Nc1c(C)nn(Cc2cccc(OC)c2)c1C. The van der Waals surface area contributed by atoms with Gasteiger partial charge in [-0.25, -0.2) is 4.79 Å². The van der Waals surface area contributed by atoms with E-state index in [1.54, 1.807) is 7.11 Å². The lowest BCUT2D eigenvalue weighted by molar-refractivity contribution is 0.0602. The van der Waals surface area contributed by atoms with Crippen LogP contribution in [0.15, 0.2) is 60.7 Å². The highest BCUT2D eigenvalue weighted by molar-refractivity contribution is 7.80. The molecule has 2 aromatic carbocycles. The number of rotatable bonds is 7. The van der Waals surface area contributed by atoms with E-state index >= 15 is 0 Å². The van der Waals surface area contributed by atoms with E-state index in [1.807, 2.05) is 79.2 Å². The first-order chi connectivity index (χ1) is 16.9. The van der Waals surface area contributed by atoms with E-state index in [4.69, 9.17) is 21.7 Å². The van der Waals surface area contributed by atoms with Crippen LogP contribution in [-0.4, -0.2) is 35.1 Å². The Morgan fingerprint density at radius 2 is 1.83 bits per heavy atom. The van der Waals surface area contributed by atoms with Crippen molar-refractivity contribution in [3.8, 4) is 16.2 Å². The van der Waals surface area contributed by atoms with Crippen molar-refractivity contribution < 1.29 is 14.3 Å². The second-order valence-electron chi connectivity index (χ2n) is 7.85. The normalized spacial score (nSPS) is 10.6. The van der Waals surface area contributed by atoms with Gasteiger partial charge in [-0.3, -0.25) is 4.68 Å². The summed E-state index contributed by atoms with van der Waals surface area (Å²) in [5.74, 6) is 0.382. The molecule has 2 heterocycles. The van der Waals surface area contributed by atoms with Crippen LogP contribution in [0.1, 0.15) is 27.3 Å². The highest BCUT2D eigenvalue weighted by Crippen LogP contribution is 2.36. The Balaban J connectivity index is 1.54. The first-order valence-electron chi connectivity index (χ1n) is 10.9. The van der Waals surface area contributed by atoms with Crippen LogP contribution in [-0.2, 0) is 11.3 Å². The Labute approximate surface area is 213 Å². The lowest BCUT2D eigenvalue weighted by Gasteiger charge is -2.11. The number of methoxy groups -OCH3 is 2. The summed E-state index contributed by atoms with van der Waals surface area (Å²) in [5, 5.41) is 12.1. The number of nitrogens with zero attached hydrogens (tertiary/aromatic N) is 2. The van der Waals surface area contributed by atoms with Crippen molar-refractivity contribution in [2.45, 2.75) is 20.4 Å². The Morgan fingerprint density at radius 1 is 1.06 bits per heavy atom. The fourth-order valence-corrected chi connectivity index (χ4v) is 5.04. The molecule has 0 amide bonds. The van der Waals surface area contributed by atoms with Crippen molar-refractivity contribution in [1.82, 2.24) is 9.78 Å². The first-order valence-corrected chi connectivity index (χ1v) is 12.1. The summed E-state index contributed by atoms with van der Waals surface area (Å²) < 4.78 is 12.2. The molecule has 0 radical (unpaired) electrons. The van der Waals surface area contributed by atoms with E-state index in [1.165, 1.54) is 18.4 Å². The fourth-order valence-electron chi connectivity index (χ4n) is 3.71. The smallest absolute Gasteiger partial charge is 0.340 e. The molecule has 2 aromatic heterocycles. The van der Waals surface area contributed by atoms with Gasteiger partial charge in [-0.1, -0.05) is 42.5 Å². The lowest BCUT2D eigenvalue weighted by atomic mass is 10.1. The average molecular weight is 507 g/mol. The summed E-state index contributed by atoms with van der Waals surface area (Å²) in [6, 6.07) is 19.6. The molecule has 0 aliphatic rings. The molecule has 0 saturated carbocycles. The van der Waals surface area contributed by atoms with E-state index < -0.39 is 5.97 Å². The monoisotopic (exact) mass is 506 g/mol. The molecule has 0 bridgehead atoms. The van der Waals surface area contributed by atoms with Gasteiger partial charge in [-0.15, -0.1) is 11.3 Å². The number of esters is 1. The maximum absolute atomic E-state index is 12.4. The number of thiophene rings is 1. The van der Waals surface area contributed by atoms with Crippen LogP contribution < -0.4 is 15.4 Å². The number of hydrogen-bond acceptors (Lipinski definition) is 6. The van der Waals surface area contributed by atoms with Gasteiger partial charge in [0.1, 0.15) is 10.8 Å². The number of hydrogen-bond donors (Lipinski definition) is 2. The summed E-state index contributed by atoms with van der Waals surface area (Å²) >= 11 is 7.04. The molecule has 35 heavy (non-hydrogen) atoms. The molecular weight excluding hydrogens is 480 g/mol. The summed E-state index contributed by atoms with van der Waals surface area (Å²) in [7, 11) is 3.02. The van der Waals surface area contributed by atoms with Crippen molar-refractivity contribution in [2.24, 2.45) is 0 Å². The fraction of sp³-hybridized carbons (Fsp3) is 0.192. The van der Waals surface area contributed by atoms with Gasteiger partial charge < -0.3 is 20.1 Å². The topological polar surface area (TPSA) is 77.4 Å². The number of nitrogens with one attached hydrogen (secondary N) is 2. The number of benzene rings is 2. The van der Waals surface area contributed by atoms with Gasteiger partial charge in [-0.2, -0.15) is 5.10 Å². The molecule has 0 aliphatic carbocycles. The number of ether oxygens (including phenoxy) is 2. The van der Waals surface area contributed by atoms with Gasteiger partial charge >= 0.3 is 5.97 Å². The number of anilines is 2. The largest absolute Gasteiger partial charge is 0.497 e. The third-order valence-electron chi connectivity index (χ3n) is 5.51. The summed E-state index contributed by atoms with van der Waals surface area (Å²) in [6.45, 7) is 4.52. The average Bonchev–Trinajstić information content (AvgIpc) is 3.40. The molecule has 0 fully saturated rings. The zero-order valence-corrected chi connectivity index (χ0v) is 21.5. The maximum atomic E-state index is 12.4. The van der Waals surface area contributed by atoms with Crippen LogP contribution in [0, 0.1) is 13.8 Å². The quantitative estimate of drug-likeness (QED) is 0.239. The summed E-state index contributed by atoms with van der Waals surface area (Å²) in [6.07, 6.45) is 0. The van der Waals surface area contributed by atoms with Gasteiger partial charge in [-0.05, 0) is 55.4 Å². The minimum Gasteiger partial charge on any atom is -0.497 e. The van der Waals surface area contributed by atoms with Crippen LogP contribution in [0.2, 0.25) is 0 Å². The van der Waals surface area contributed by atoms with Gasteiger partial charge in [0.05, 0.1) is 43.4 Å². The third kappa shape index (κ3) is 5.52. The highest BCUT2D eigenvalue weighted by atomic mass is 32.1. The Kier molecular flexibility index (Phi) is 7.48. The Hall–Kier alpha value is -3.69. The number of carbonyl (C=O) groups is 1. The van der Waals surface area contributed by atoms with Gasteiger partial charge in [0.15, 0.2) is 5.11 Å². The molecular formula is C26H26N4O3S2. The van der Waals surface area contributed by atoms with Crippen LogP contribution in [0.5, 0.6) is 5.75 Å². The molecule has 2 N–H and O–H groups in total. The number of thiocarbonyl (C=S) groups is 1. The van der Waals surface area contributed by atoms with Crippen molar-refractivity contribution in [1.29, 1.82) is 0 Å². The Bertz CT molecular complexity index is 1360. The summed E-state index contributed by atoms with van der Waals surface area (Å²) in [4.78, 5) is 13.3. The van der Waals surface area contributed by atoms with Crippen molar-refractivity contribution >= 4 is 45.3 Å². The minimum atomic E-state index is -0.424. The lowest BCUT2D eigenvalue weighted by Crippen LogP contribution is -2.20. The molecule has 0 unspecified atom stereocenters. The first kappa shape index (κ1) is 24.4. The third-order valence-corrected chi connectivity index (χ3v) is 6.81. The minimum absolute atomic E-state index is 0.365. The van der Waals surface area contributed by atoms with Crippen LogP contribution in [0.25, 0.3) is 10.4 Å². The molecule has 0 spiro atoms. The molecule has 4 rings (SSSR count). The second kappa shape index (κ2) is 10.7. The molecule has 7 nitrogen and oxygen atoms in total. The Morgan fingerprint density at radius 3 is 2.54 bits per heavy atom. The molecule has 180 valence electrons. The zero-order valence-electron chi connectivity index (χ0n) is 19.9. The van der Waals surface area contributed by atoms with Crippen molar-refractivity contribution in [3.05, 3.63) is 83.2 Å². The van der Waals surface area contributed by atoms with Crippen LogP contribution in [0.3, 0.4) is 0 Å². The van der Waals surface area contributed by atoms with Gasteiger partial charge in [0.2, 0.25) is 0 Å². The molecule has 4 aromatic rings. The van der Waals surface area contributed by atoms with E-state index in [2.05, 4.69) is 15.7 Å². The molecule has 0 aliphatic heterocycles. The van der Waals surface area contributed by atoms with E-state index in [-0.39, 0.29) is 0 Å². The van der Waals surface area contributed by atoms with E-state index in [9.17, 15) is 4.79 Å². The molecule has 0 atom stereocenters. The molecule has 0 saturated heterocycles. The van der Waals surface area contributed by atoms with Crippen molar-refractivity contribution in [2.75, 3.05) is 24.9 Å². The van der Waals surface area contributed by atoms with Crippen LogP contribution >= 0.6 is 23.6 Å². The number of aryl methyl sites for hydroxylation is 1. The predicted octanol–water partition coefficient (Wildman–Crippen LogP) is 5.88. The number of aromatic nitrogens is 2. The van der Waals surface area contributed by atoms with Crippen LogP contribution in [0.4, 0.5) is 10.7 Å². The molecule has 9 heteroatoms. The van der Waals surface area contributed by atoms with E-state index in [0.29, 0.717) is 22.2 Å². The predicted molar refractivity (Wildman–Crippen MR) is 145 cm³/mol. The maximum Gasteiger partial charge on any atom is 0.340 e. The van der Waals surface area contributed by atoms with Gasteiger partial charge in [0.25, 0.3) is 0 Å². The number of carbonyl (C=O) groups excluding carboxylic acids is 1. The highest BCUT2D eigenvalue weighted by Gasteiger charge is 2.20. The van der Waals surface area contributed by atoms with Crippen molar-refractivity contribution in [3.63, 3.8) is 0 Å². The summed E-state index contributed by atoms with van der Waals surface area (Å²) in [5.41, 5.74) is 5.11. The van der Waals surface area contributed by atoms with E-state index in [0.717, 1.165) is 38.8 Å².